The van der Waals surface area contributed by atoms with Crippen LogP contribution in [0.4, 0.5) is 11.4 Å². The summed E-state index contributed by atoms with van der Waals surface area (Å²) in [4.78, 5) is 10.7. The van der Waals surface area contributed by atoms with Crippen LogP contribution in [0.3, 0.4) is 0 Å². The Bertz CT molecular complexity index is 579. The SMILES string of the molecule is Cc1ccc(Br)c(Nc2ccc(C(=O)O)cc2)c1. The van der Waals surface area contributed by atoms with Gasteiger partial charge in [-0.15, -0.1) is 0 Å². The molecule has 0 aromatic heterocycles. The Morgan fingerprint density at radius 3 is 2.44 bits per heavy atom. The van der Waals surface area contributed by atoms with E-state index in [2.05, 4.69) is 21.2 Å². The molecule has 0 saturated carbocycles. The van der Waals surface area contributed by atoms with Crippen LogP contribution < -0.4 is 5.32 Å². The van der Waals surface area contributed by atoms with Crippen molar-refractivity contribution in [2.45, 2.75) is 6.92 Å². The average Bonchev–Trinajstić information content (AvgIpc) is 2.34. The van der Waals surface area contributed by atoms with Crippen LogP contribution in [-0.2, 0) is 0 Å². The second-order valence-corrected chi connectivity index (χ2v) is 4.85. The topological polar surface area (TPSA) is 49.3 Å². The van der Waals surface area contributed by atoms with Gasteiger partial charge in [-0.1, -0.05) is 6.07 Å². The normalized spacial score (nSPS) is 10.1. The predicted molar refractivity (Wildman–Crippen MR) is 75.6 cm³/mol. The first-order chi connectivity index (χ1) is 8.56. The number of hydrogen-bond donors (Lipinski definition) is 2. The maximum absolute atomic E-state index is 10.7. The molecule has 0 spiro atoms. The lowest BCUT2D eigenvalue weighted by Gasteiger charge is -2.09. The lowest BCUT2D eigenvalue weighted by molar-refractivity contribution is 0.0697. The highest BCUT2D eigenvalue weighted by molar-refractivity contribution is 9.10. The molecule has 2 aromatic carbocycles. The molecule has 3 nitrogen and oxygen atoms in total. The van der Waals surface area contributed by atoms with E-state index in [1.54, 1.807) is 24.3 Å². The van der Waals surface area contributed by atoms with E-state index < -0.39 is 5.97 Å². The molecule has 0 heterocycles. The van der Waals surface area contributed by atoms with Crippen LogP contribution in [0.25, 0.3) is 0 Å². The van der Waals surface area contributed by atoms with Crippen LogP contribution in [0, 0.1) is 6.92 Å². The molecule has 2 N–H and O–H groups in total. The van der Waals surface area contributed by atoms with E-state index in [4.69, 9.17) is 5.11 Å². The molecule has 0 bridgehead atoms. The van der Waals surface area contributed by atoms with Gasteiger partial charge in [0.25, 0.3) is 0 Å². The number of benzene rings is 2. The minimum Gasteiger partial charge on any atom is -0.478 e. The fourth-order valence-electron chi connectivity index (χ4n) is 1.59. The van der Waals surface area contributed by atoms with Gasteiger partial charge in [0.15, 0.2) is 0 Å². The zero-order valence-corrected chi connectivity index (χ0v) is 11.4. The molecule has 2 aromatic rings. The summed E-state index contributed by atoms with van der Waals surface area (Å²) in [6, 6.07) is 12.7. The highest BCUT2D eigenvalue weighted by atomic mass is 79.9. The zero-order chi connectivity index (χ0) is 13.1. The largest absolute Gasteiger partial charge is 0.478 e. The van der Waals surface area contributed by atoms with Gasteiger partial charge in [-0.3, -0.25) is 0 Å². The third-order valence-electron chi connectivity index (χ3n) is 2.53. The van der Waals surface area contributed by atoms with Gasteiger partial charge in [-0.2, -0.15) is 0 Å². The predicted octanol–water partition coefficient (Wildman–Crippen LogP) is 4.20. The molecular weight excluding hydrogens is 294 g/mol. The summed E-state index contributed by atoms with van der Waals surface area (Å²) in [7, 11) is 0. The van der Waals surface area contributed by atoms with Crippen molar-refractivity contribution in [2.75, 3.05) is 5.32 Å². The molecule has 18 heavy (non-hydrogen) atoms. The van der Waals surface area contributed by atoms with Crippen molar-refractivity contribution < 1.29 is 9.90 Å². The van der Waals surface area contributed by atoms with E-state index in [0.29, 0.717) is 0 Å². The van der Waals surface area contributed by atoms with Gasteiger partial charge in [0.1, 0.15) is 0 Å². The Hall–Kier alpha value is -1.81. The number of rotatable bonds is 3. The number of hydrogen-bond acceptors (Lipinski definition) is 2. The summed E-state index contributed by atoms with van der Waals surface area (Å²) >= 11 is 3.47. The summed E-state index contributed by atoms with van der Waals surface area (Å²) in [5.74, 6) is -0.918. The van der Waals surface area contributed by atoms with Gasteiger partial charge >= 0.3 is 5.97 Å². The van der Waals surface area contributed by atoms with Gasteiger partial charge in [0.2, 0.25) is 0 Å². The molecule has 0 saturated heterocycles. The van der Waals surface area contributed by atoms with Crippen molar-refractivity contribution in [3.63, 3.8) is 0 Å². The van der Waals surface area contributed by atoms with E-state index in [1.807, 2.05) is 25.1 Å². The Labute approximate surface area is 114 Å². The number of aromatic carboxylic acids is 1. The first-order valence-electron chi connectivity index (χ1n) is 5.43. The van der Waals surface area contributed by atoms with Crippen molar-refractivity contribution in [3.8, 4) is 0 Å². The monoisotopic (exact) mass is 305 g/mol. The van der Waals surface area contributed by atoms with Gasteiger partial charge in [0.05, 0.1) is 11.3 Å². The van der Waals surface area contributed by atoms with Gasteiger partial charge < -0.3 is 10.4 Å². The Balaban J connectivity index is 2.23. The standard InChI is InChI=1S/C14H12BrNO2/c1-9-2-7-12(15)13(8-9)16-11-5-3-10(4-6-11)14(17)18/h2-8,16H,1H3,(H,17,18). The van der Waals surface area contributed by atoms with Crippen LogP contribution in [0.1, 0.15) is 15.9 Å². The zero-order valence-electron chi connectivity index (χ0n) is 9.77. The molecule has 0 radical (unpaired) electrons. The second kappa shape index (κ2) is 5.23. The average molecular weight is 306 g/mol. The quantitative estimate of drug-likeness (QED) is 0.893. The van der Waals surface area contributed by atoms with Crippen LogP contribution >= 0.6 is 15.9 Å². The van der Waals surface area contributed by atoms with E-state index in [0.717, 1.165) is 21.4 Å². The first-order valence-corrected chi connectivity index (χ1v) is 6.22. The molecule has 0 fully saturated rings. The van der Waals surface area contributed by atoms with Crippen molar-refractivity contribution in [1.29, 1.82) is 0 Å². The Kier molecular flexibility index (Phi) is 3.67. The minimum absolute atomic E-state index is 0.281. The van der Waals surface area contributed by atoms with Gasteiger partial charge in [-0.25, -0.2) is 4.79 Å². The van der Waals surface area contributed by atoms with E-state index >= 15 is 0 Å². The fraction of sp³-hybridized carbons (Fsp3) is 0.0714. The number of nitrogens with one attached hydrogen (secondary N) is 1. The number of aryl methyl sites for hydroxylation is 1. The van der Waals surface area contributed by atoms with Crippen molar-refractivity contribution >= 4 is 33.3 Å². The molecule has 0 amide bonds. The summed E-state index contributed by atoms with van der Waals surface area (Å²) < 4.78 is 0.968. The molecule has 0 aliphatic heterocycles. The molecule has 4 heteroatoms. The van der Waals surface area contributed by atoms with E-state index in [1.165, 1.54) is 0 Å². The Morgan fingerprint density at radius 2 is 1.83 bits per heavy atom. The lowest BCUT2D eigenvalue weighted by atomic mass is 10.2. The Morgan fingerprint density at radius 1 is 1.17 bits per heavy atom. The van der Waals surface area contributed by atoms with Crippen LogP contribution in [0.15, 0.2) is 46.9 Å². The number of anilines is 2. The van der Waals surface area contributed by atoms with Crippen molar-refractivity contribution in [1.82, 2.24) is 0 Å². The molecule has 0 atom stereocenters. The highest BCUT2D eigenvalue weighted by Crippen LogP contribution is 2.26. The van der Waals surface area contributed by atoms with Crippen molar-refractivity contribution in [2.24, 2.45) is 0 Å². The highest BCUT2D eigenvalue weighted by Gasteiger charge is 2.03. The van der Waals surface area contributed by atoms with Crippen LogP contribution in [0.2, 0.25) is 0 Å². The fourth-order valence-corrected chi connectivity index (χ4v) is 1.93. The van der Waals surface area contributed by atoms with Crippen molar-refractivity contribution in [3.05, 3.63) is 58.1 Å². The lowest BCUT2D eigenvalue weighted by Crippen LogP contribution is -1.97. The third kappa shape index (κ3) is 2.90. The van der Waals surface area contributed by atoms with Gasteiger partial charge in [-0.05, 0) is 64.8 Å². The smallest absolute Gasteiger partial charge is 0.335 e. The molecule has 0 aliphatic rings. The van der Waals surface area contributed by atoms with E-state index in [-0.39, 0.29) is 5.56 Å². The summed E-state index contributed by atoms with van der Waals surface area (Å²) in [5.41, 5.74) is 3.25. The number of carboxylic acids is 1. The second-order valence-electron chi connectivity index (χ2n) is 3.99. The van der Waals surface area contributed by atoms with Crippen LogP contribution in [0.5, 0.6) is 0 Å². The molecule has 92 valence electrons. The number of halogens is 1. The van der Waals surface area contributed by atoms with Crippen LogP contribution in [-0.4, -0.2) is 11.1 Å². The third-order valence-corrected chi connectivity index (χ3v) is 3.22. The number of carboxylic acid groups (broad SMARTS) is 1. The summed E-state index contributed by atoms with van der Waals surface area (Å²) in [5, 5.41) is 12.1. The number of carbonyl (C=O) groups is 1. The van der Waals surface area contributed by atoms with E-state index in [9.17, 15) is 4.79 Å². The first kappa shape index (κ1) is 12.6. The molecule has 0 unspecified atom stereocenters. The maximum atomic E-state index is 10.7. The summed E-state index contributed by atoms with van der Waals surface area (Å²) in [6.45, 7) is 2.02. The molecular formula is C14H12BrNO2. The minimum atomic E-state index is -0.918. The van der Waals surface area contributed by atoms with Gasteiger partial charge in [0, 0.05) is 10.2 Å². The maximum Gasteiger partial charge on any atom is 0.335 e. The summed E-state index contributed by atoms with van der Waals surface area (Å²) in [6.07, 6.45) is 0. The molecule has 0 aliphatic carbocycles. The molecule has 2 rings (SSSR count).